The predicted molar refractivity (Wildman–Crippen MR) is 65.9 cm³/mol. The average Bonchev–Trinajstić information content (AvgIpc) is 2.25. The van der Waals surface area contributed by atoms with Crippen molar-refractivity contribution in [3.63, 3.8) is 0 Å². The molecule has 0 atom stereocenters. The monoisotopic (exact) mass is 240 g/mol. The van der Waals surface area contributed by atoms with E-state index in [0.717, 1.165) is 23.3 Å². The summed E-state index contributed by atoms with van der Waals surface area (Å²) in [6, 6.07) is 7.59. The molecule has 0 fully saturated rings. The van der Waals surface area contributed by atoms with Crippen LogP contribution in [0.15, 0.2) is 24.3 Å². The van der Waals surface area contributed by atoms with Gasteiger partial charge in [-0.3, -0.25) is 0 Å². The molecule has 0 saturated heterocycles. The highest BCUT2D eigenvalue weighted by Gasteiger charge is 2.05. The zero-order valence-electron chi connectivity index (χ0n) is 8.22. The Balaban J connectivity index is 2.63. The first kappa shape index (κ1) is 10.5. The molecule has 0 aliphatic rings. The van der Waals surface area contributed by atoms with Gasteiger partial charge in [-0.1, -0.05) is 29.3 Å². The second kappa shape index (κ2) is 4.25. The van der Waals surface area contributed by atoms with Crippen molar-refractivity contribution < 1.29 is 0 Å². The van der Waals surface area contributed by atoms with E-state index in [1.54, 1.807) is 6.07 Å². The second-order valence-electron chi connectivity index (χ2n) is 3.16. The second-order valence-corrected chi connectivity index (χ2v) is 3.95. The zero-order valence-corrected chi connectivity index (χ0v) is 9.73. The van der Waals surface area contributed by atoms with E-state index in [-0.39, 0.29) is 0 Å². The number of rotatable bonds is 2. The molecule has 2 nitrogen and oxygen atoms in total. The molecule has 1 N–H and O–H groups in total. The van der Waals surface area contributed by atoms with Gasteiger partial charge in [0.05, 0.1) is 15.6 Å². The molecule has 0 amide bonds. The van der Waals surface area contributed by atoms with Crippen molar-refractivity contribution in [1.82, 2.24) is 4.98 Å². The van der Waals surface area contributed by atoms with E-state index in [1.165, 1.54) is 0 Å². The number of halogens is 2. The van der Waals surface area contributed by atoms with Crippen LogP contribution in [0.2, 0.25) is 10.0 Å². The van der Waals surface area contributed by atoms with E-state index in [0.29, 0.717) is 10.0 Å². The lowest BCUT2D eigenvalue weighted by molar-refractivity contribution is 1.17. The van der Waals surface area contributed by atoms with Crippen LogP contribution >= 0.6 is 23.2 Å². The number of fused-ring (bicyclic) bond motifs is 1. The molecular weight excluding hydrogens is 231 g/mol. The number of anilines is 1. The van der Waals surface area contributed by atoms with Gasteiger partial charge in [-0.25, -0.2) is 4.98 Å². The summed E-state index contributed by atoms with van der Waals surface area (Å²) in [7, 11) is 0. The lowest BCUT2D eigenvalue weighted by Gasteiger charge is -2.05. The quantitative estimate of drug-likeness (QED) is 0.860. The molecule has 1 aromatic heterocycles. The third-order valence-electron chi connectivity index (χ3n) is 2.11. The Bertz CT molecular complexity index is 497. The minimum Gasteiger partial charge on any atom is -0.370 e. The fourth-order valence-corrected chi connectivity index (χ4v) is 1.78. The summed E-state index contributed by atoms with van der Waals surface area (Å²) in [6.45, 7) is 2.85. The fraction of sp³-hybridized carbons (Fsp3) is 0.182. The molecule has 0 spiro atoms. The Hall–Kier alpha value is -0.990. The van der Waals surface area contributed by atoms with E-state index >= 15 is 0 Å². The highest BCUT2D eigenvalue weighted by atomic mass is 35.5. The molecule has 2 rings (SSSR count). The average molecular weight is 241 g/mol. The maximum Gasteiger partial charge on any atom is 0.126 e. The Morgan fingerprint density at radius 2 is 1.93 bits per heavy atom. The summed E-state index contributed by atoms with van der Waals surface area (Å²) >= 11 is 12.0. The van der Waals surface area contributed by atoms with E-state index in [4.69, 9.17) is 23.2 Å². The first-order valence-corrected chi connectivity index (χ1v) is 5.46. The van der Waals surface area contributed by atoms with Crippen molar-refractivity contribution in [3.8, 4) is 0 Å². The Morgan fingerprint density at radius 3 is 2.67 bits per heavy atom. The summed E-state index contributed by atoms with van der Waals surface area (Å²) in [6.07, 6.45) is 0. The summed E-state index contributed by atoms with van der Waals surface area (Å²) in [4.78, 5) is 4.40. The third-order valence-corrected chi connectivity index (χ3v) is 2.91. The van der Waals surface area contributed by atoms with Gasteiger partial charge in [-0.2, -0.15) is 0 Å². The summed E-state index contributed by atoms with van der Waals surface area (Å²) in [5, 5.41) is 5.17. The first-order chi connectivity index (χ1) is 7.22. The lowest BCUT2D eigenvalue weighted by atomic mass is 10.2. The Labute approximate surface area is 98.2 Å². The van der Waals surface area contributed by atoms with Crippen LogP contribution in [0, 0.1) is 0 Å². The predicted octanol–water partition coefficient (Wildman–Crippen LogP) is 3.97. The highest BCUT2D eigenvalue weighted by Crippen LogP contribution is 2.30. The van der Waals surface area contributed by atoms with Crippen LogP contribution in [-0.2, 0) is 0 Å². The maximum atomic E-state index is 6.08. The van der Waals surface area contributed by atoms with Crippen LogP contribution in [0.5, 0.6) is 0 Å². The van der Waals surface area contributed by atoms with Gasteiger partial charge in [0, 0.05) is 11.9 Å². The molecule has 2 aromatic rings. The Kier molecular flexibility index (Phi) is 2.98. The third kappa shape index (κ3) is 2.01. The normalized spacial score (nSPS) is 10.6. The fourth-order valence-electron chi connectivity index (χ4n) is 1.41. The van der Waals surface area contributed by atoms with Crippen molar-refractivity contribution in [2.24, 2.45) is 0 Å². The van der Waals surface area contributed by atoms with Gasteiger partial charge in [0.2, 0.25) is 0 Å². The van der Waals surface area contributed by atoms with Gasteiger partial charge in [-0.05, 0) is 25.1 Å². The van der Waals surface area contributed by atoms with Crippen molar-refractivity contribution in [3.05, 3.63) is 34.3 Å². The number of benzene rings is 1. The SMILES string of the molecule is CCNc1ccc2ccc(Cl)c(Cl)c2n1. The smallest absolute Gasteiger partial charge is 0.126 e. The molecule has 4 heteroatoms. The van der Waals surface area contributed by atoms with Gasteiger partial charge >= 0.3 is 0 Å². The van der Waals surface area contributed by atoms with Gasteiger partial charge < -0.3 is 5.32 Å². The number of nitrogens with one attached hydrogen (secondary N) is 1. The molecule has 78 valence electrons. The maximum absolute atomic E-state index is 6.08. The van der Waals surface area contributed by atoms with Gasteiger partial charge in [0.1, 0.15) is 5.82 Å². The summed E-state index contributed by atoms with van der Waals surface area (Å²) in [5.74, 6) is 0.814. The first-order valence-electron chi connectivity index (χ1n) is 4.71. The highest BCUT2D eigenvalue weighted by molar-refractivity contribution is 6.45. The van der Waals surface area contributed by atoms with E-state index in [2.05, 4.69) is 10.3 Å². The van der Waals surface area contributed by atoms with Crippen LogP contribution in [0.25, 0.3) is 10.9 Å². The Morgan fingerprint density at radius 1 is 1.20 bits per heavy atom. The molecule has 1 aromatic carbocycles. The van der Waals surface area contributed by atoms with E-state index < -0.39 is 0 Å². The standard InChI is InChI=1S/C11H10Cl2N2/c1-2-14-9-6-4-7-3-5-8(12)10(13)11(7)15-9/h3-6H,2H2,1H3,(H,14,15). The summed E-state index contributed by atoms with van der Waals surface area (Å²) in [5.41, 5.74) is 0.739. The van der Waals surface area contributed by atoms with Crippen LogP contribution in [0.4, 0.5) is 5.82 Å². The number of hydrogen-bond acceptors (Lipinski definition) is 2. The molecule has 0 saturated carbocycles. The van der Waals surface area contributed by atoms with Crippen molar-refractivity contribution in [2.45, 2.75) is 6.92 Å². The van der Waals surface area contributed by atoms with Crippen LogP contribution in [-0.4, -0.2) is 11.5 Å². The lowest BCUT2D eigenvalue weighted by Crippen LogP contribution is -1.98. The van der Waals surface area contributed by atoms with E-state index in [9.17, 15) is 0 Å². The molecule has 15 heavy (non-hydrogen) atoms. The molecule has 1 heterocycles. The number of aromatic nitrogens is 1. The van der Waals surface area contributed by atoms with E-state index in [1.807, 2.05) is 25.1 Å². The minimum atomic E-state index is 0.508. The topological polar surface area (TPSA) is 24.9 Å². The molecular formula is C11H10Cl2N2. The zero-order chi connectivity index (χ0) is 10.8. The van der Waals surface area contributed by atoms with Gasteiger partial charge in [0.15, 0.2) is 0 Å². The van der Waals surface area contributed by atoms with Crippen LogP contribution in [0.3, 0.4) is 0 Å². The minimum absolute atomic E-state index is 0.508. The molecule has 0 bridgehead atoms. The molecule has 0 aliphatic heterocycles. The van der Waals surface area contributed by atoms with Gasteiger partial charge in [-0.15, -0.1) is 0 Å². The van der Waals surface area contributed by atoms with Crippen molar-refractivity contribution >= 4 is 39.9 Å². The van der Waals surface area contributed by atoms with Crippen LogP contribution in [0.1, 0.15) is 6.92 Å². The number of nitrogens with zero attached hydrogens (tertiary/aromatic N) is 1. The molecule has 0 unspecified atom stereocenters. The number of pyridine rings is 1. The summed E-state index contributed by atoms with van der Waals surface area (Å²) < 4.78 is 0. The number of hydrogen-bond donors (Lipinski definition) is 1. The molecule has 0 aliphatic carbocycles. The van der Waals surface area contributed by atoms with Crippen molar-refractivity contribution in [1.29, 1.82) is 0 Å². The molecule has 0 radical (unpaired) electrons. The van der Waals surface area contributed by atoms with Gasteiger partial charge in [0.25, 0.3) is 0 Å². The van der Waals surface area contributed by atoms with Crippen LogP contribution < -0.4 is 5.32 Å². The largest absolute Gasteiger partial charge is 0.370 e. The van der Waals surface area contributed by atoms with Crippen molar-refractivity contribution in [2.75, 3.05) is 11.9 Å².